The molecule has 0 radical (unpaired) electrons. The van der Waals surface area contributed by atoms with Crippen molar-refractivity contribution in [1.29, 1.82) is 0 Å². The normalized spacial score (nSPS) is 13.3. The number of rotatable bonds is 9. The van der Waals surface area contributed by atoms with Crippen molar-refractivity contribution in [2.75, 3.05) is 13.2 Å². The number of hydrogen-bond acceptors (Lipinski definition) is 7. The number of halogens is 5. The van der Waals surface area contributed by atoms with E-state index in [-0.39, 0.29) is 30.7 Å². The molecule has 282 valence electrons. The maximum atomic E-state index is 14.5. The lowest BCUT2D eigenvalue weighted by Crippen LogP contribution is -2.45. The topological polar surface area (TPSA) is 109 Å². The Labute approximate surface area is 315 Å². The van der Waals surface area contributed by atoms with Crippen LogP contribution < -0.4 is 10.1 Å². The predicted molar refractivity (Wildman–Crippen MR) is 190 cm³/mol. The van der Waals surface area contributed by atoms with Gasteiger partial charge in [0.05, 0.1) is 5.69 Å². The second-order valence-corrected chi connectivity index (χ2v) is 13.1. The van der Waals surface area contributed by atoms with Gasteiger partial charge in [-0.25, -0.2) is 37.1 Å². The fourth-order valence-corrected chi connectivity index (χ4v) is 7.27. The standard InChI is InChI=1S/C42H28F5N3O6/c43-34-35(44)37(46)39(38(47)36(34)45)56-40(51)33(49-41(52)54-19-31-27-13-5-1-9-23(27)24-10-2-6-14-28(24)31)17-22-18-50(21-48-22)42(53)55-20-32-29-15-7-3-11-25(29)26-12-4-8-16-30(26)32/h1-16,18,21,31-33H,17,19-20H2,(H,49,52). The van der Waals surface area contributed by atoms with Gasteiger partial charge < -0.3 is 19.5 Å². The Hall–Kier alpha value is -6.83. The number of amides is 1. The van der Waals surface area contributed by atoms with Crippen LogP contribution >= 0.6 is 0 Å². The second-order valence-electron chi connectivity index (χ2n) is 13.1. The van der Waals surface area contributed by atoms with Crippen molar-refractivity contribution < 1.29 is 50.5 Å². The Morgan fingerprint density at radius 2 is 1.05 bits per heavy atom. The molecule has 0 saturated heterocycles. The molecule has 2 aliphatic rings. The lowest BCUT2D eigenvalue weighted by molar-refractivity contribution is -0.137. The Kier molecular flexibility index (Phi) is 9.54. The largest absolute Gasteiger partial charge is 0.449 e. The number of carbonyl (C=O) groups excluding carboxylic acids is 3. The van der Waals surface area contributed by atoms with Crippen LogP contribution in [0.25, 0.3) is 22.3 Å². The van der Waals surface area contributed by atoms with Crippen LogP contribution in [0.3, 0.4) is 0 Å². The highest BCUT2D eigenvalue weighted by Gasteiger charge is 2.34. The fraction of sp³-hybridized carbons (Fsp3) is 0.143. The van der Waals surface area contributed by atoms with Crippen LogP contribution in [-0.4, -0.2) is 47.0 Å². The molecule has 1 amide bonds. The zero-order valence-electron chi connectivity index (χ0n) is 29.0. The van der Waals surface area contributed by atoms with Gasteiger partial charge >= 0.3 is 18.2 Å². The molecule has 9 nitrogen and oxygen atoms in total. The van der Waals surface area contributed by atoms with Gasteiger partial charge in [0.1, 0.15) is 25.6 Å². The van der Waals surface area contributed by atoms with Gasteiger partial charge in [0.25, 0.3) is 0 Å². The molecule has 0 spiro atoms. The molecule has 0 bridgehead atoms. The number of hydrogen-bond donors (Lipinski definition) is 1. The van der Waals surface area contributed by atoms with E-state index in [0.717, 1.165) is 55.4 Å². The van der Waals surface area contributed by atoms with Crippen molar-refractivity contribution in [2.24, 2.45) is 0 Å². The monoisotopic (exact) mass is 765 g/mol. The van der Waals surface area contributed by atoms with E-state index in [4.69, 9.17) is 9.47 Å². The van der Waals surface area contributed by atoms with Crippen molar-refractivity contribution in [3.63, 3.8) is 0 Å². The van der Waals surface area contributed by atoms with Gasteiger partial charge in [0.15, 0.2) is 0 Å². The number of esters is 1. The number of nitrogens with zero attached hydrogens (tertiary/aromatic N) is 2. The van der Waals surface area contributed by atoms with Crippen molar-refractivity contribution in [2.45, 2.75) is 24.3 Å². The minimum Gasteiger partial charge on any atom is -0.449 e. The van der Waals surface area contributed by atoms with Gasteiger partial charge in [-0.3, -0.25) is 0 Å². The SMILES string of the molecule is O=C(NC(Cc1cn(C(=O)OCC2c3ccccc3-c3ccccc32)cn1)C(=O)Oc1c(F)c(F)c(F)c(F)c1F)OCC1c2ccccc2-c2ccccc21. The van der Waals surface area contributed by atoms with Gasteiger partial charge in [-0.15, -0.1) is 0 Å². The molecule has 5 aromatic carbocycles. The summed E-state index contributed by atoms with van der Waals surface area (Å²) in [5.41, 5.74) is 7.71. The Morgan fingerprint density at radius 3 is 1.54 bits per heavy atom. The molecule has 1 unspecified atom stereocenters. The van der Waals surface area contributed by atoms with E-state index in [1.807, 2.05) is 97.1 Å². The van der Waals surface area contributed by atoms with Crippen LogP contribution in [0, 0.1) is 29.1 Å². The highest BCUT2D eigenvalue weighted by atomic mass is 19.2. The molecule has 14 heteroatoms. The molecule has 0 fully saturated rings. The van der Waals surface area contributed by atoms with E-state index in [1.54, 1.807) is 0 Å². The molecular weight excluding hydrogens is 737 g/mol. The summed E-state index contributed by atoms with van der Waals surface area (Å²) >= 11 is 0. The van der Waals surface area contributed by atoms with Gasteiger partial charge in [0, 0.05) is 24.5 Å². The second kappa shape index (κ2) is 14.8. The molecule has 0 aliphatic heterocycles. The number of alkyl carbamates (subject to hydrolysis) is 1. The highest BCUT2D eigenvalue weighted by Crippen LogP contribution is 2.45. The van der Waals surface area contributed by atoms with E-state index in [0.29, 0.717) is 0 Å². The van der Waals surface area contributed by atoms with Crippen molar-refractivity contribution >= 4 is 18.2 Å². The van der Waals surface area contributed by atoms with Crippen LogP contribution in [0.15, 0.2) is 110 Å². The minimum absolute atomic E-state index is 0.0133. The summed E-state index contributed by atoms with van der Waals surface area (Å²) in [4.78, 5) is 43.8. The first kappa shape index (κ1) is 36.2. The first-order valence-corrected chi connectivity index (χ1v) is 17.3. The average molecular weight is 766 g/mol. The average Bonchev–Trinajstić information content (AvgIpc) is 3.92. The first-order chi connectivity index (χ1) is 27.1. The minimum atomic E-state index is -2.45. The third-order valence-electron chi connectivity index (χ3n) is 9.89. The van der Waals surface area contributed by atoms with Crippen molar-refractivity contribution in [3.05, 3.63) is 167 Å². The number of benzene rings is 5. The molecule has 2 aliphatic carbocycles. The zero-order chi connectivity index (χ0) is 39.1. The molecule has 1 heterocycles. The summed E-state index contributed by atoms with van der Waals surface area (Å²) in [7, 11) is 0. The lowest BCUT2D eigenvalue weighted by atomic mass is 9.98. The van der Waals surface area contributed by atoms with E-state index in [2.05, 4.69) is 15.0 Å². The summed E-state index contributed by atoms with van der Waals surface area (Å²) in [5, 5.41) is 2.25. The van der Waals surface area contributed by atoms with Crippen LogP contribution in [0.1, 0.15) is 39.8 Å². The van der Waals surface area contributed by atoms with Crippen LogP contribution in [0.5, 0.6) is 5.75 Å². The Balaban J connectivity index is 0.992. The highest BCUT2D eigenvalue weighted by molar-refractivity contribution is 5.84. The fourth-order valence-electron chi connectivity index (χ4n) is 7.27. The maximum Gasteiger partial charge on any atom is 0.419 e. The number of carbonyl (C=O) groups is 3. The molecule has 8 rings (SSSR count). The van der Waals surface area contributed by atoms with Crippen LogP contribution in [-0.2, 0) is 20.7 Å². The van der Waals surface area contributed by atoms with Crippen LogP contribution in [0.2, 0.25) is 0 Å². The molecule has 56 heavy (non-hydrogen) atoms. The summed E-state index contributed by atoms with van der Waals surface area (Å²) < 4.78 is 87.5. The number of nitrogens with one attached hydrogen (secondary N) is 1. The molecule has 1 aromatic heterocycles. The molecule has 1 atom stereocenters. The zero-order valence-corrected chi connectivity index (χ0v) is 29.0. The lowest BCUT2D eigenvalue weighted by Gasteiger charge is -2.19. The van der Waals surface area contributed by atoms with Gasteiger partial charge in [-0.05, 0) is 44.5 Å². The number of aromatic nitrogens is 2. The maximum absolute atomic E-state index is 14.5. The van der Waals surface area contributed by atoms with Crippen LogP contribution in [0.4, 0.5) is 31.5 Å². The van der Waals surface area contributed by atoms with Gasteiger partial charge in [-0.2, -0.15) is 8.78 Å². The molecule has 1 N–H and O–H groups in total. The smallest absolute Gasteiger partial charge is 0.419 e. The number of fused-ring (bicyclic) bond motifs is 6. The Bertz CT molecular complexity index is 2420. The van der Waals surface area contributed by atoms with Gasteiger partial charge in [0.2, 0.25) is 34.8 Å². The van der Waals surface area contributed by atoms with E-state index < -0.39 is 65.5 Å². The number of ether oxygens (including phenoxy) is 3. The molecule has 6 aromatic rings. The molecule has 0 saturated carbocycles. The van der Waals surface area contributed by atoms with Crippen molar-refractivity contribution in [1.82, 2.24) is 14.9 Å². The quantitative estimate of drug-likeness (QED) is 0.0518. The number of imidazole rings is 1. The van der Waals surface area contributed by atoms with Gasteiger partial charge in [-0.1, -0.05) is 97.1 Å². The molecular formula is C42H28F5N3O6. The van der Waals surface area contributed by atoms with Crippen molar-refractivity contribution in [3.8, 4) is 28.0 Å². The van der Waals surface area contributed by atoms with E-state index in [1.165, 1.54) is 6.20 Å². The summed E-state index contributed by atoms with van der Waals surface area (Å²) in [5.74, 6) is -16.0. The van der Waals surface area contributed by atoms with E-state index >= 15 is 0 Å². The summed E-state index contributed by atoms with van der Waals surface area (Å²) in [6.07, 6.45) is -0.273. The third kappa shape index (κ3) is 6.52. The Morgan fingerprint density at radius 1 is 0.625 bits per heavy atom. The predicted octanol–water partition coefficient (Wildman–Crippen LogP) is 8.43. The van der Waals surface area contributed by atoms with E-state index in [9.17, 15) is 36.3 Å². The summed E-state index contributed by atoms with van der Waals surface area (Å²) in [6.45, 7) is -0.198. The summed E-state index contributed by atoms with van der Waals surface area (Å²) in [6, 6.07) is 28.7. The third-order valence-corrected chi connectivity index (χ3v) is 9.89. The first-order valence-electron chi connectivity index (χ1n) is 17.3.